The summed E-state index contributed by atoms with van der Waals surface area (Å²) in [5, 5.41) is 16.7. The molecule has 0 spiro atoms. The summed E-state index contributed by atoms with van der Waals surface area (Å²) in [5.41, 5.74) is 1.55. The van der Waals surface area contributed by atoms with E-state index in [4.69, 9.17) is 23.2 Å². The van der Waals surface area contributed by atoms with Crippen LogP contribution in [0.4, 0.5) is 5.69 Å². The molecule has 1 aliphatic heterocycles. The summed E-state index contributed by atoms with van der Waals surface area (Å²) in [6.07, 6.45) is 0. The Balaban J connectivity index is 1.64. The number of carbonyl (C=O) groups is 1. The van der Waals surface area contributed by atoms with Crippen molar-refractivity contribution in [3.8, 4) is 0 Å². The molecule has 1 saturated heterocycles. The lowest BCUT2D eigenvalue weighted by Crippen LogP contribution is -2.50. The Labute approximate surface area is 179 Å². The van der Waals surface area contributed by atoms with Gasteiger partial charge in [0.05, 0.1) is 4.92 Å². The highest BCUT2D eigenvalue weighted by atomic mass is 35.5. The van der Waals surface area contributed by atoms with Crippen molar-refractivity contribution in [3.63, 3.8) is 0 Å². The molecule has 1 atom stereocenters. The maximum absolute atomic E-state index is 12.9. The van der Waals surface area contributed by atoms with E-state index in [2.05, 4.69) is 10.00 Å². The van der Waals surface area contributed by atoms with Crippen LogP contribution in [0, 0.1) is 24.0 Å². The number of hydrogen-bond donors (Lipinski definition) is 0. The van der Waals surface area contributed by atoms with E-state index in [9.17, 15) is 14.9 Å². The number of halogens is 2. The molecule has 1 aliphatic rings. The van der Waals surface area contributed by atoms with Crippen LogP contribution < -0.4 is 0 Å². The van der Waals surface area contributed by atoms with Gasteiger partial charge in [0.2, 0.25) is 5.91 Å². The molecule has 8 nitrogen and oxygen atoms in total. The van der Waals surface area contributed by atoms with Gasteiger partial charge in [-0.3, -0.25) is 24.5 Å². The Kier molecular flexibility index (Phi) is 6.45. The molecule has 0 aliphatic carbocycles. The number of benzene rings is 1. The number of nitrogens with zero attached hydrogens (tertiary/aromatic N) is 5. The minimum absolute atomic E-state index is 0.0360. The van der Waals surface area contributed by atoms with Crippen molar-refractivity contribution in [2.24, 2.45) is 0 Å². The number of aromatic nitrogens is 2. The van der Waals surface area contributed by atoms with Crippen molar-refractivity contribution in [2.75, 3.05) is 26.2 Å². The molecule has 1 unspecified atom stereocenters. The summed E-state index contributed by atoms with van der Waals surface area (Å²) in [6, 6.07) is 4.84. The van der Waals surface area contributed by atoms with Gasteiger partial charge in [-0.05, 0) is 32.9 Å². The van der Waals surface area contributed by atoms with Crippen molar-refractivity contribution in [2.45, 2.75) is 33.4 Å². The van der Waals surface area contributed by atoms with E-state index in [0.717, 1.165) is 5.56 Å². The summed E-state index contributed by atoms with van der Waals surface area (Å²) in [5.74, 6) is -0.0964. The number of aryl methyl sites for hydroxylation is 1. The normalized spacial score (nSPS) is 16.1. The molecule has 1 aromatic carbocycles. The molecule has 2 aromatic rings. The molecular weight excluding hydrogens is 417 g/mol. The second-order valence-corrected chi connectivity index (χ2v) is 8.01. The molecule has 0 N–H and O–H groups in total. The van der Waals surface area contributed by atoms with E-state index < -0.39 is 11.0 Å². The van der Waals surface area contributed by atoms with Crippen LogP contribution in [0.15, 0.2) is 18.2 Å². The highest BCUT2D eigenvalue weighted by Gasteiger charge is 2.31. The van der Waals surface area contributed by atoms with Crippen LogP contribution in [-0.2, 0) is 11.3 Å². The lowest BCUT2D eigenvalue weighted by molar-refractivity contribution is -0.386. The van der Waals surface area contributed by atoms with E-state index in [1.54, 1.807) is 25.7 Å². The lowest BCUT2D eigenvalue weighted by Gasteiger charge is -2.36. The monoisotopic (exact) mass is 439 g/mol. The molecule has 1 aromatic heterocycles. The molecule has 0 radical (unpaired) electrons. The molecule has 1 fully saturated rings. The van der Waals surface area contributed by atoms with Crippen LogP contribution in [0.3, 0.4) is 0 Å². The van der Waals surface area contributed by atoms with Gasteiger partial charge in [0, 0.05) is 48.3 Å². The summed E-state index contributed by atoms with van der Waals surface area (Å²) in [6.45, 7) is 8.06. The Bertz CT molecular complexity index is 918. The van der Waals surface area contributed by atoms with Gasteiger partial charge in [0.25, 0.3) is 0 Å². The second-order valence-electron chi connectivity index (χ2n) is 7.20. The average molecular weight is 440 g/mol. The first-order chi connectivity index (χ1) is 13.7. The fourth-order valence-electron chi connectivity index (χ4n) is 3.70. The van der Waals surface area contributed by atoms with Gasteiger partial charge < -0.3 is 4.90 Å². The molecule has 0 bridgehead atoms. The summed E-state index contributed by atoms with van der Waals surface area (Å²) < 4.78 is 1.45. The van der Waals surface area contributed by atoms with E-state index in [0.29, 0.717) is 54.2 Å². The van der Waals surface area contributed by atoms with Gasteiger partial charge in [-0.25, -0.2) is 0 Å². The van der Waals surface area contributed by atoms with Crippen molar-refractivity contribution >= 4 is 34.8 Å². The summed E-state index contributed by atoms with van der Waals surface area (Å²) >= 11 is 12.5. The highest BCUT2D eigenvalue weighted by molar-refractivity contribution is 6.35. The van der Waals surface area contributed by atoms with Crippen LogP contribution in [0.5, 0.6) is 0 Å². The van der Waals surface area contributed by atoms with Crippen LogP contribution in [-0.4, -0.2) is 56.6 Å². The first kappa shape index (κ1) is 21.5. The Morgan fingerprint density at radius 2 is 1.79 bits per heavy atom. The van der Waals surface area contributed by atoms with Crippen LogP contribution in [0.2, 0.25) is 10.0 Å². The lowest BCUT2D eigenvalue weighted by atomic mass is 10.2. The fourth-order valence-corrected chi connectivity index (χ4v) is 4.21. The Hall–Kier alpha value is -2.16. The number of nitro groups is 1. The second kappa shape index (κ2) is 8.69. The molecule has 29 heavy (non-hydrogen) atoms. The fraction of sp³-hybridized carbons (Fsp3) is 0.474. The smallest absolute Gasteiger partial charge is 0.312 e. The van der Waals surface area contributed by atoms with Crippen molar-refractivity contribution in [1.29, 1.82) is 0 Å². The quantitative estimate of drug-likeness (QED) is 0.524. The van der Waals surface area contributed by atoms with Gasteiger partial charge >= 0.3 is 5.69 Å². The molecule has 10 heteroatoms. The van der Waals surface area contributed by atoms with Crippen molar-refractivity contribution in [3.05, 3.63) is 55.3 Å². The predicted octanol–water partition coefficient (Wildman–Crippen LogP) is 3.62. The minimum atomic E-state index is -0.605. The van der Waals surface area contributed by atoms with Crippen LogP contribution in [0.25, 0.3) is 0 Å². The molecule has 1 amide bonds. The third-order valence-electron chi connectivity index (χ3n) is 5.32. The van der Waals surface area contributed by atoms with E-state index in [1.807, 2.05) is 18.2 Å². The van der Waals surface area contributed by atoms with Gasteiger partial charge in [0.15, 0.2) is 0 Å². The first-order valence-corrected chi connectivity index (χ1v) is 10.1. The maximum Gasteiger partial charge on any atom is 0.312 e. The summed E-state index contributed by atoms with van der Waals surface area (Å²) in [7, 11) is 0. The topological polar surface area (TPSA) is 84.5 Å². The van der Waals surface area contributed by atoms with Gasteiger partial charge in [-0.15, -0.1) is 0 Å². The largest absolute Gasteiger partial charge is 0.338 e. The van der Waals surface area contributed by atoms with Gasteiger partial charge in [-0.1, -0.05) is 29.3 Å². The number of piperazine rings is 1. The first-order valence-electron chi connectivity index (χ1n) is 9.34. The molecule has 3 rings (SSSR count). The third kappa shape index (κ3) is 4.39. The maximum atomic E-state index is 12.9. The van der Waals surface area contributed by atoms with E-state index >= 15 is 0 Å². The molecule has 2 heterocycles. The van der Waals surface area contributed by atoms with E-state index in [1.165, 1.54) is 4.68 Å². The highest BCUT2D eigenvalue weighted by Crippen LogP contribution is 2.27. The number of carbonyl (C=O) groups excluding carboxylic acids is 1. The minimum Gasteiger partial charge on any atom is -0.338 e. The predicted molar refractivity (Wildman–Crippen MR) is 111 cm³/mol. The van der Waals surface area contributed by atoms with Crippen LogP contribution in [0.1, 0.15) is 29.9 Å². The summed E-state index contributed by atoms with van der Waals surface area (Å²) in [4.78, 5) is 27.7. The van der Waals surface area contributed by atoms with Gasteiger partial charge in [0.1, 0.15) is 17.4 Å². The standard InChI is InChI=1S/C19H23Cl2N5O3/c1-12-18(26(28)29)13(2)25(22-12)14(3)19(27)24-9-7-23(8-10-24)11-15-16(20)5-4-6-17(15)21/h4-6,14H,7-11H2,1-3H3. The third-order valence-corrected chi connectivity index (χ3v) is 6.03. The number of amides is 1. The molecule has 156 valence electrons. The SMILES string of the molecule is Cc1nn(C(C)C(=O)N2CCN(Cc3c(Cl)cccc3Cl)CC2)c(C)c1[N+](=O)[O-]. The average Bonchev–Trinajstić information content (AvgIpc) is 2.98. The molecule has 0 saturated carbocycles. The number of rotatable bonds is 5. The zero-order valence-corrected chi connectivity index (χ0v) is 18.1. The van der Waals surface area contributed by atoms with E-state index in [-0.39, 0.29) is 11.6 Å². The van der Waals surface area contributed by atoms with Crippen molar-refractivity contribution in [1.82, 2.24) is 19.6 Å². The Morgan fingerprint density at radius 3 is 2.31 bits per heavy atom. The molecular formula is C19H23Cl2N5O3. The zero-order valence-electron chi connectivity index (χ0n) is 16.6. The van der Waals surface area contributed by atoms with Crippen LogP contribution >= 0.6 is 23.2 Å². The Morgan fingerprint density at radius 1 is 1.21 bits per heavy atom. The van der Waals surface area contributed by atoms with Crippen molar-refractivity contribution < 1.29 is 9.72 Å². The van der Waals surface area contributed by atoms with Gasteiger partial charge in [-0.2, -0.15) is 5.10 Å². The zero-order chi connectivity index (χ0) is 21.3. The number of hydrogen-bond acceptors (Lipinski definition) is 5.